The fourth-order valence-electron chi connectivity index (χ4n) is 1.14. The predicted molar refractivity (Wildman–Crippen MR) is 50.3 cm³/mol. The molecule has 0 heterocycles. The van der Waals surface area contributed by atoms with Gasteiger partial charge in [-0.3, -0.25) is 9.80 Å². The third-order valence-corrected chi connectivity index (χ3v) is 2.06. The van der Waals surface area contributed by atoms with Gasteiger partial charge >= 0.3 is 0 Å². The summed E-state index contributed by atoms with van der Waals surface area (Å²) < 4.78 is 0. The second kappa shape index (κ2) is 6.00. The van der Waals surface area contributed by atoms with Gasteiger partial charge in [0.2, 0.25) is 5.91 Å². The van der Waals surface area contributed by atoms with Crippen LogP contribution < -0.4 is 5.84 Å². The second-order valence-electron chi connectivity index (χ2n) is 3.27. The molecule has 0 rings (SSSR count). The van der Waals surface area contributed by atoms with Crippen LogP contribution in [0.4, 0.5) is 0 Å². The van der Waals surface area contributed by atoms with Crippen LogP contribution in [0.3, 0.4) is 0 Å². The van der Waals surface area contributed by atoms with Crippen LogP contribution in [-0.4, -0.2) is 17.0 Å². The van der Waals surface area contributed by atoms with Gasteiger partial charge in [0.25, 0.3) is 0 Å². The van der Waals surface area contributed by atoms with Crippen molar-refractivity contribution in [1.82, 2.24) is 5.01 Å². The van der Waals surface area contributed by atoms with Crippen LogP contribution in [0, 0.1) is 0 Å². The molecule has 1 atom stereocenters. The largest absolute Gasteiger partial charge is 0.278 e. The summed E-state index contributed by atoms with van der Waals surface area (Å²) in [7, 11) is 0. The molecule has 1 unspecified atom stereocenters. The number of amides is 1. The van der Waals surface area contributed by atoms with E-state index >= 15 is 0 Å². The van der Waals surface area contributed by atoms with Crippen LogP contribution in [0.25, 0.3) is 0 Å². The zero-order valence-electron chi connectivity index (χ0n) is 8.34. The van der Waals surface area contributed by atoms with Crippen molar-refractivity contribution in [2.45, 2.75) is 52.5 Å². The van der Waals surface area contributed by atoms with Crippen LogP contribution in [-0.2, 0) is 4.79 Å². The Morgan fingerprint density at radius 3 is 2.50 bits per heavy atom. The second-order valence-corrected chi connectivity index (χ2v) is 3.27. The molecule has 0 spiro atoms. The first-order valence-corrected chi connectivity index (χ1v) is 4.64. The maximum Gasteiger partial charge on any atom is 0.233 e. The van der Waals surface area contributed by atoms with Gasteiger partial charge in [0.05, 0.1) is 0 Å². The van der Waals surface area contributed by atoms with E-state index in [1.165, 1.54) is 24.8 Å². The standard InChI is InChI=1S/C9H20N2O/c1-4-5-6-7-8(2)11(10)9(3)12/h8H,4-7,10H2,1-3H3. The van der Waals surface area contributed by atoms with Gasteiger partial charge in [0.15, 0.2) is 0 Å². The van der Waals surface area contributed by atoms with E-state index < -0.39 is 0 Å². The topological polar surface area (TPSA) is 46.3 Å². The van der Waals surface area contributed by atoms with Gasteiger partial charge in [-0.1, -0.05) is 26.2 Å². The Kier molecular flexibility index (Phi) is 5.72. The third kappa shape index (κ3) is 4.34. The van der Waals surface area contributed by atoms with Crippen molar-refractivity contribution in [3.05, 3.63) is 0 Å². The molecule has 0 saturated carbocycles. The first kappa shape index (κ1) is 11.4. The minimum atomic E-state index is -0.0565. The molecule has 1 amide bonds. The fourth-order valence-corrected chi connectivity index (χ4v) is 1.14. The highest BCUT2D eigenvalue weighted by molar-refractivity contribution is 5.72. The summed E-state index contributed by atoms with van der Waals surface area (Å²) in [4.78, 5) is 10.8. The summed E-state index contributed by atoms with van der Waals surface area (Å²) in [6.45, 7) is 5.64. The number of nitrogens with two attached hydrogens (primary N) is 1. The molecule has 0 bridgehead atoms. The van der Waals surface area contributed by atoms with Gasteiger partial charge in [0, 0.05) is 13.0 Å². The zero-order chi connectivity index (χ0) is 9.56. The van der Waals surface area contributed by atoms with Gasteiger partial charge < -0.3 is 0 Å². The Balaban J connectivity index is 3.56. The van der Waals surface area contributed by atoms with Crippen LogP contribution in [0.5, 0.6) is 0 Å². The monoisotopic (exact) mass is 172 g/mol. The number of hydrazine groups is 1. The lowest BCUT2D eigenvalue weighted by atomic mass is 10.1. The Morgan fingerprint density at radius 2 is 2.08 bits per heavy atom. The minimum Gasteiger partial charge on any atom is -0.278 e. The number of unbranched alkanes of at least 4 members (excludes halogenated alkanes) is 2. The molecule has 12 heavy (non-hydrogen) atoms. The van der Waals surface area contributed by atoms with Crippen LogP contribution in [0.2, 0.25) is 0 Å². The highest BCUT2D eigenvalue weighted by Crippen LogP contribution is 2.06. The predicted octanol–water partition coefficient (Wildman–Crippen LogP) is 1.68. The Morgan fingerprint density at radius 1 is 1.50 bits per heavy atom. The number of rotatable bonds is 5. The average Bonchev–Trinajstić information content (AvgIpc) is 2.03. The molecule has 0 aliphatic heterocycles. The van der Waals surface area contributed by atoms with Crippen molar-refractivity contribution in [2.24, 2.45) is 5.84 Å². The molecule has 72 valence electrons. The maximum atomic E-state index is 10.8. The lowest BCUT2D eigenvalue weighted by molar-refractivity contribution is -0.131. The summed E-state index contributed by atoms with van der Waals surface area (Å²) in [5.74, 6) is 5.47. The van der Waals surface area contributed by atoms with E-state index in [9.17, 15) is 4.79 Å². The lowest BCUT2D eigenvalue weighted by Gasteiger charge is -2.22. The van der Waals surface area contributed by atoms with E-state index in [-0.39, 0.29) is 11.9 Å². The number of carbonyl (C=O) groups excluding carboxylic acids is 1. The summed E-state index contributed by atoms with van der Waals surface area (Å²) >= 11 is 0. The molecule has 0 aromatic heterocycles. The van der Waals surface area contributed by atoms with Crippen molar-refractivity contribution in [1.29, 1.82) is 0 Å². The molecule has 3 heteroatoms. The van der Waals surface area contributed by atoms with E-state index in [0.717, 1.165) is 12.8 Å². The minimum absolute atomic E-state index is 0.0565. The quantitative estimate of drug-likeness (QED) is 0.297. The highest BCUT2D eigenvalue weighted by atomic mass is 16.2. The Hall–Kier alpha value is -0.570. The van der Waals surface area contributed by atoms with Gasteiger partial charge in [-0.15, -0.1) is 0 Å². The number of hydrogen-bond acceptors (Lipinski definition) is 2. The van der Waals surface area contributed by atoms with Crippen molar-refractivity contribution < 1.29 is 4.79 Å². The van der Waals surface area contributed by atoms with E-state index in [4.69, 9.17) is 5.84 Å². The summed E-state index contributed by atoms with van der Waals surface area (Å²) in [5, 5.41) is 1.32. The van der Waals surface area contributed by atoms with Crippen molar-refractivity contribution in [2.75, 3.05) is 0 Å². The molecular formula is C9H20N2O. The van der Waals surface area contributed by atoms with Gasteiger partial charge in [0.1, 0.15) is 0 Å². The third-order valence-electron chi connectivity index (χ3n) is 2.06. The highest BCUT2D eigenvalue weighted by Gasteiger charge is 2.11. The molecule has 2 N–H and O–H groups in total. The van der Waals surface area contributed by atoms with Crippen LogP contribution in [0.15, 0.2) is 0 Å². The molecule has 0 aromatic rings. The molecule has 0 aromatic carbocycles. The lowest BCUT2D eigenvalue weighted by Crippen LogP contribution is -2.42. The van der Waals surface area contributed by atoms with E-state index in [2.05, 4.69) is 6.92 Å². The Labute approximate surface area is 74.9 Å². The molecule has 3 nitrogen and oxygen atoms in total. The maximum absolute atomic E-state index is 10.8. The number of nitrogens with zero attached hydrogens (tertiary/aromatic N) is 1. The van der Waals surface area contributed by atoms with Crippen molar-refractivity contribution >= 4 is 5.91 Å². The van der Waals surface area contributed by atoms with Crippen LogP contribution in [0.1, 0.15) is 46.5 Å². The summed E-state index contributed by atoms with van der Waals surface area (Å²) in [6.07, 6.45) is 4.58. The van der Waals surface area contributed by atoms with Gasteiger partial charge in [-0.2, -0.15) is 0 Å². The van der Waals surface area contributed by atoms with Gasteiger partial charge in [-0.05, 0) is 13.3 Å². The molecule has 0 aliphatic carbocycles. The molecular weight excluding hydrogens is 152 g/mol. The van der Waals surface area contributed by atoms with Gasteiger partial charge in [-0.25, -0.2) is 5.84 Å². The first-order chi connectivity index (χ1) is 5.59. The SMILES string of the molecule is CCCCCC(C)N(N)C(C)=O. The van der Waals surface area contributed by atoms with E-state index in [1.807, 2.05) is 6.92 Å². The smallest absolute Gasteiger partial charge is 0.233 e. The zero-order valence-corrected chi connectivity index (χ0v) is 8.34. The van der Waals surface area contributed by atoms with Crippen LogP contribution >= 0.6 is 0 Å². The normalized spacial score (nSPS) is 12.7. The molecule has 0 fully saturated rings. The average molecular weight is 172 g/mol. The summed E-state index contributed by atoms with van der Waals surface area (Å²) in [5.41, 5.74) is 0. The molecule has 0 radical (unpaired) electrons. The number of carbonyl (C=O) groups is 1. The van der Waals surface area contributed by atoms with Crippen molar-refractivity contribution in [3.63, 3.8) is 0 Å². The molecule has 0 saturated heterocycles. The van der Waals surface area contributed by atoms with Crippen molar-refractivity contribution in [3.8, 4) is 0 Å². The molecule has 0 aliphatic rings. The number of hydrogen-bond donors (Lipinski definition) is 1. The first-order valence-electron chi connectivity index (χ1n) is 4.64. The summed E-state index contributed by atoms with van der Waals surface area (Å²) in [6, 6.07) is 0.175. The van der Waals surface area contributed by atoms with E-state index in [0.29, 0.717) is 0 Å². The van der Waals surface area contributed by atoms with E-state index in [1.54, 1.807) is 0 Å². The fraction of sp³-hybridized carbons (Fsp3) is 0.889. The Bertz CT molecular complexity index is 136.